The average molecular weight is 427 g/mol. The van der Waals surface area contributed by atoms with Crippen molar-refractivity contribution in [1.29, 1.82) is 0 Å². The van der Waals surface area contributed by atoms with E-state index < -0.39 is 16.1 Å². The number of carbonyl (C=O) groups is 1. The first-order valence-electron chi connectivity index (χ1n) is 10.1. The van der Waals surface area contributed by atoms with E-state index >= 15 is 0 Å². The van der Waals surface area contributed by atoms with Crippen molar-refractivity contribution in [2.75, 3.05) is 20.6 Å². The van der Waals surface area contributed by atoms with Crippen LogP contribution in [-0.4, -0.2) is 56.6 Å². The summed E-state index contributed by atoms with van der Waals surface area (Å²) in [6, 6.07) is 14.6. The Bertz CT molecular complexity index is 1080. The number of likely N-dealkylation sites (tertiary alicyclic amines) is 1. The molecule has 2 aliphatic heterocycles. The zero-order chi connectivity index (χ0) is 21.3. The molecule has 0 spiro atoms. The van der Waals surface area contributed by atoms with E-state index in [9.17, 15) is 13.2 Å². The molecule has 2 aliphatic rings. The van der Waals surface area contributed by atoms with Crippen LogP contribution in [0.1, 0.15) is 29.5 Å². The zero-order valence-electron chi connectivity index (χ0n) is 17.2. The van der Waals surface area contributed by atoms with Crippen molar-refractivity contribution in [2.45, 2.75) is 36.9 Å². The van der Waals surface area contributed by atoms with Crippen molar-refractivity contribution >= 4 is 21.8 Å². The molecule has 2 heterocycles. The molecule has 158 valence electrons. The molecule has 0 radical (unpaired) electrons. The molecule has 7 nitrogen and oxygen atoms in total. The fourth-order valence-corrected chi connectivity index (χ4v) is 5.24. The lowest BCUT2D eigenvalue weighted by molar-refractivity contribution is -0.124. The van der Waals surface area contributed by atoms with E-state index in [0.29, 0.717) is 30.9 Å². The van der Waals surface area contributed by atoms with Crippen LogP contribution in [0.3, 0.4) is 0 Å². The summed E-state index contributed by atoms with van der Waals surface area (Å²) in [5.74, 6) is 0.283. The summed E-state index contributed by atoms with van der Waals surface area (Å²) in [4.78, 5) is 17.1. The molecule has 0 bridgehead atoms. The van der Waals surface area contributed by atoms with Crippen LogP contribution in [0.5, 0.6) is 0 Å². The highest BCUT2D eigenvalue weighted by molar-refractivity contribution is 7.90. The van der Waals surface area contributed by atoms with Gasteiger partial charge in [0.15, 0.2) is 5.84 Å². The van der Waals surface area contributed by atoms with E-state index in [1.54, 1.807) is 24.3 Å². The number of nitrogens with one attached hydrogen (secondary N) is 1. The van der Waals surface area contributed by atoms with Crippen LogP contribution in [0.2, 0.25) is 0 Å². The van der Waals surface area contributed by atoms with Crippen LogP contribution < -0.4 is 5.32 Å². The molecule has 30 heavy (non-hydrogen) atoms. The first-order chi connectivity index (χ1) is 14.3. The Hall–Kier alpha value is -2.71. The van der Waals surface area contributed by atoms with Crippen molar-refractivity contribution in [2.24, 2.45) is 4.40 Å². The molecule has 2 aromatic rings. The molecule has 0 aliphatic carbocycles. The number of nitrogens with zero attached hydrogens (tertiary/aromatic N) is 3. The van der Waals surface area contributed by atoms with Gasteiger partial charge in [0, 0.05) is 25.2 Å². The second-order valence-corrected chi connectivity index (χ2v) is 9.58. The standard InChI is InChI=1S/C22H26N4O3S/c1-25(2)15-17-11-9-16(10-12-17)14-23-22(27)19-7-5-13-26(19)21-18-6-3-4-8-20(18)30(28,29)24-21/h3-4,6,8-12,19H,5,7,13-15H2,1-2H3,(H,23,27)/t19-/m1/s1. The van der Waals surface area contributed by atoms with Gasteiger partial charge in [0.2, 0.25) is 5.91 Å². The van der Waals surface area contributed by atoms with Gasteiger partial charge in [-0.2, -0.15) is 8.42 Å². The van der Waals surface area contributed by atoms with Gasteiger partial charge in [0.05, 0.1) is 0 Å². The van der Waals surface area contributed by atoms with Gasteiger partial charge in [-0.25, -0.2) is 0 Å². The molecule has 1 atom stereocenters. The molecule has 2 aromatic carbocycles. The van der Waals surface area contributed by atoms with Gasteiger partial charge in [0.1, 0.15) is 10.9 Å². The third kappa shape index (κ3) is 4.11. The minimum atomic E-state index is -3.70. The SMILES string of the molecule is CN(C)Cc1ccc(CNC(=O)[C@H]2CCCN2C2=NS(=O)(=O)c3ccccc32)cc1. The van der Waals surface area contributed by atoms with E-state index in [-0.39, 0.29) is 10.8 Å². The van der Waals surface area contributed by atoms with E-state index in [0.717, 1.165) is 18.5 Å². The molecule has 4 rings (SSSR count). The number of carbonyl (C=O) groups excluding carboxylic acids is 1. The first-order valence-corrected chi connectivity index (χ1v) is 11.5. The molecule has 8 heteroatoms. The number of amides is 1. The Labute approximate surface area is 177 Å². The van der Waals surface area contributed by atoms with Crippen molar-refractivity contribution in [3.63, 3.8) is 0 Å². The second-order valence-electron chi connectivity index (χ2n) is 8.01. The minimum absolute atomic E-state index is 0.102. The topological polar surface area (TPSA) is 82.1 Å². The van der Waals surface area contributed by atoms with Crippen molar-refractivity contribution in [3.8, 4) is 0 Å². The summed E-state index contributed by atoms with van der Waals surface area (Å²) in [5, 5.41) is 3.00. The largest absolute Gasteiger partial charge is 0.350 e. The lowest BCUT2D eigenvalue weighted by Crippen LogP contribution is -2.45. The quantitative estimate of drug-likeness (QED) is 0.791. The third-order valence-corrected chi connectivity index (χ3v) is 6.75. The lowest BCUT2D eigenvalue weighted by Gasteiger charge is -2.25. The van der Waals surface area contributed by atoms with Gasteiger partial charge >= 0.3 is 0 Å². The van der Waals surface area contributed by atoms with Gasteiger partial charge in [-0.3, -0.25) is 4.79 Å². The van der Waals surface area contributed by atoms with Gasteiger partial charge in [0.25, 0.3) is 10.0 Å². The number of sulfonamides is 1. The van der Waals surface area contributed by atoms with Crippen LogP contribution in [0.15, 0.2) is 57.8 Å². The summed E-state index contributed by atoms with van der Waals surface area (Å²) < 4.78 is 28.8. The van der Waals surface area contributed by atoms with E-state index in [1.807, 2.05) is 31.1 Å². The highest BCUT2D eigenvalue weighted by atomic mass is 32.2. The highest BCUT2D eigenvalue weighted by Crippen LogP contribution is 2.31. The number of fused-ring (bicyclic) bond motifs is 1. The summed E-state index contributed by atoms with van der Waals surface area (Å²) in [7, 11) is 0.357. The Morgan fingerprint density at radius 1 is 1.13 bits per heavy atom. The van der Waals surface area contributed by atoms with Crippen LogP contribution in [0, 0.1) is 0 Å². The van der Waals surface area contributed by atoms with Crippen LogP contribution in [0.25, 0.3) is 0 Å². The Morgan fingerprint density at radius 3 is 2.57 bits per heavy atom. The van der Waals surface area contributed by atoms with Gasteiger partial charge in [-0.1, -0.05) is 36.4 Å². The summed E-state index contributed by atoms with van der Waals surface area (Å²) in [5.41, 5.74) is 2.83. The van der Waals surface area contributed by atoms with Gasteiger partial charge in [-0.15, -0.1) is 4.40 Å². The molecular formula is C22H26N4O3S. The molecule has 1 fully saturated rings. The maximum absolute atomic E-state index is 12.9. The molecule has 0 saturated carbocycles. The van der Waals surface area contributed by atoms with Crippen LogP contribution in [-0.2, 0) is 27.9 Å². The number of hydrogen-bond acceptors (Lipinski definition) is 5. The monoisotopic (exact) mass is 426 g/mol. The Kier molecular flexibility index (Phi) is 5.62. The molecule has 1 saturated heterocycles. The zero-order valence-corrected chi connectivity index (χ0v) is 18.0. The molecule has 1 N–H and O–H groups in total. The number of hydrogen-bond donors (Lipinski definition) is 1. The number of rotatable bonds is 5. The van der Waals surface area contributed by atoms with E-state index in [1.165, 1.54) is 5.56 Å². The summed E-state index contributed by atoms with van der Waals surface area (Å²) >= 11 is 0. The fraction of sp³-hybridized carbons (Fsp3) is 0.364. The maximum atomic E-state index is 12.9. The maximum Gasteiger partial charge on any atom is 0.285 e. The first kappa shape index (κ1) is 20.6. The normalized spacial score (nSPS) is 19.6. The van der Waals surface area contributed by atoms with Crippen molar-refractivity contribution in [3.05, 3.63) is 65.2 Å². The third-order valence-electron chi connectivity index (χ3n) is 5.43. The van der Waals surface area contributed by atoms with Crippen LogP contribution in [0.4, 0.5) is 0 Å². The smallest absolute Gasteiger partial charge is 0.285 e. The predicted octanol–water partition coefficient (Wildman–Crippen LogP) is 1.98. The predicted molar refractivity (Wildman–Crippen MR) is 116 cm³/mol. The summed E-state index contributed by atoms with van der Waals surface area (Å²) in [6.07, 6.45) is 1.49. The van der Waals surface area contributed by atoms with E-state index in [4.69, 9.17) is 0 Å². The van der Waals surface area contributed by atoms with Gasteiger partial charge < -0.3 is 15.1 Å². The van der Waals surface area contributed by atoms with Gasteiger partial charge in [-0.05, 0) is 50.2 Å². The molecule has 0 aromatic heterocycles. The fourth-order valence-electron chi connectivity index (χ4n) is 4.02. The average Bonchev–Trinajstić information content (AvgIpc) is 3.30. The van der Waals surface area contributed by atoms with E-state index in [2.05, 4.69) is 26.7 Å². The van der Waals surface area contributed by atoms with Crippen molar-refractivity contribution in [1.82, 2.24) is 15.1 Å². The number of benzene rings is 2. The Morgan fingerprint density at radius 2 is 1.83 bits per heavy atom. The minimum Gasteiger partial charge on any atom is -0.350 e. The van der Waals surface area contributed by atoms with Crippen LogP contribution >= 0.6 is 0 Å². The summed E-state index contributed by atoms with van der Waals surface area (Å²) in [6.45, 7) is 1.92. The molecular weight excluding hydrogens is 400 g/mol. The molecule has 0 unspecified atom stereocenters. The highest BCUT2D eigenvalue weighted by Gasteiger charge is 2.39. The molecule has 1 amide bonds. The Balaban J connectivity index is 1.45. The number of amidine groups is 1. The van der Waals surface area contributed by atoms with Crippen molar-refractivity contribution < 1.29 is 13.2 Å². The lowest BCUT2D eigenvalue weighted by atomic mass is 10.1. The second kappa shape index (κ2) is 8.20.